The summed E-state index contributed by atoms with van der Waals surface area (Å²) < 4.78 is 31.0. The van der Waals surface area contributed by atoms with Crippen molar-refractivity contribution in [1.29, 1.82) is 0 Å². The summed E-state index contributed by atoms with van der Waals surface area (Å²) >= 11 is 0. The van der Waals surface area contributed by atoms with Crippen LogP contribution in [0, 0.1) is 17.6 Å². The number of aromatic nitrogens is 1. The Labute approximate surface area is 186 Å². The van der Waals surface area contributed by atoms with Crippen molar-refractivity contribution >= 4 is 17.9 Å². The highest BCUT2D eigenvalue weighted by atomic mass is 19.1. The van der Waals surface area contributed by atoms with Gasteiger partial charge in [0.1, 0.15) is 23.4 Å². The molecule has 0 fully saturated rings. The molecule has 1 aromatic heterocycles. The number of carboxylic acid groups (broad SMARTS) is 1. The van der Waals surface area contributed by atoms with Gasteiger partial charge in [-0.25, -0.2) is 18.6 Å². The monoisotopic (exact) mass is 454 g/mol. The van der Waals surface area contributed by atoms with Crippen molar-refractivity contribution in [2.75, 3.05) is 12.3 Å². The fraction of sp³-hybridized carbons (Fsp3) is 0.500. The van der Waals surface area contributed by atoms with Crippen molar-refractivity contribution < 1.29 is 27.9 Å². The molecule has 32 heavy (non-hydrogen) atoms. The lowest BCUT2D eigenvalue weighted by molar-refractivity contribution is -0.141. The van der Waals surface area contributed by atoms with Gasteiger partial charge in [-0.05, 0) is 43.5 Å². The summed E-state index contributed by atoms with van der Waals surface area (Å²) in [5.41, 5.74) is 5.53. The maximum absolute atomic E-state index is 12.9. The Morgan fingerprint density at radius 1 is 1.19 bits per heavy atom. The molecule has 10 heteroatoms. The molecule has 1 amide bonds. The number of rotatable bonds is 10. The molecule has 0 spiro atoms. The van der Waals surface area contributed by atoms with Crippen molar-refractivity contribution in [1.82, 2.24) is 15.6 Å². The van der Waals surface area contributed by atoms with Crippen LogP contribution in [0.5, 0.6) is 0 Å². The minimum absolute atomic E-state index is 0.163. The number of oxazole rings is 1. The van der Waals surface area contributed by atoms with Crippen LogP contribution < -0.4 is 16.4 Å². The minimum atomic E-state index is -1.12. The topological polar surface area (TPSA) is 130 Å². The third kappa shape index (κ3) is 10.3. The summed E-state index contributed by atoms with van der Waals surface area (Å²) in [6.45, 7) is 9.11. The fourth-order valence-corrected chi connectivity index (χ4v) is 2.70. The Morgan fingerprint density at radius 3 is 2.28 bits per heavy atom. The van der Waals surface area contributed by atoms with E-state index in [-0.39, 0.29) is 24.0 Å². The van der Waals surface area contributed by atoms with Crippen molar-refractivity contribution in [3.8, 4) is 0 Å². The maximum Gasteiger partial charge on any atom is 0.326 e. The molecule has 2 unspecified atom stereocenters. The molecule has 8 nitrogen and oxygen atoms in total. The predicted octanol–water partition coefficient (Wildman–Crippen LogP) is 3.44. The minimum Gasteiger partial charge on any atom is -0.480 e. The first-order chi connectivity index (χ1) is 15.0. The molecule has 1 heterocycles. The summed E-state index contributed by atoms with van der Waals surface area (Å²) in [4.78, 5) is 26.3. The van der Waals surface area contributed by atoms with E-state index in [1.165, 1.54) is 0 Å². The van der Waals surface area contributed by atoms with E-state index >= 15 is 0 Å². The lowest BCUT2D eigenvalue weighted by atomic mass is 10.1. The zero-order chi connectivity index (χ0) is 24.3. The molecule has 5 N–H and O–H groups in total. The van der Waals surface area contributed by atoms with Crippen molar-refractivity contribution in [2.24, 2.45) is 5.92 Å². The van der Waals surface area contributed by atoms with Crippen LogP contribution in [0.15, 0.2) is 28.8 Å². The molecular weight excluding hydrogens is 422 g/mol. The molecule has 2 rings (SSSR count). The van der Waals surface area contributed by atoms with Gasteiger partial charge in [-0.15, -0.1) is 0 Å². The highest BCUT2D eigenvalue weighted by molar-refractivity contribution is 5.84. The molecule has 0 radical (unpaired) electrons. The second-order valence-corrected chi connectivity index (χ2v) is 7.83. The summed E-state index contributed by atoms with van der Waals surface area (Å²) in [5.74, 6) is -1.83. The SMILES string of the molecule is CC(C)CNC(C)c1cnc(N)o1.CCCC(NC(=O)Cc1cc(F)cc(F)c1)C(=O)O. The first kappa shape index (κ1) is 27.0. The van der Waals surface area contributed by atoms with Crippen molar-refractivity contribution in [2.45, 2.75) is 59.0 Å². The number of anilines is 1. The van der Waals surface area contributed by atoms with E-state index < -0.39 is 29.6 Å². The summed E-state index contributed by atoms with van der Waals surface area (Å²) in [5, 5.41) is 14.5. The second-order valence-electron chi connectivity index (χ2n) is 7.83. The number of benzene rings is 1. The van der Waals surface area contributed by atoms with Crippen LogP contribution in [0.1, 0.15) is 57.9 Å². The van der Waals surface area contributed by atoms with Gasteiger partial charge in [0.05, 0.1) is 18.7 Å². The Bertz CT molecular complexity index is 853. The van der Waals surface area contributed by atoms with Crippen LogP contribution in [0.2, 0.25) is 0 Å². The third-order valence-corrected chi connectivity index (χ3v) is 4.30. The molecular formula is C22H32F2N4O4. The van der Waals surface area contributed by atoms with E-state index in [0.29, 0.717) is 24.8 Å². The average molecular weight is 455 g/mol. The van der Waals surface area contributed by atoms with Gasteiger partial charge in [0.2, 0.25) is 5.91 Å². The van der Waals surface area contributed by atoms with Gasteiger partial charge in [0.25, 0.3) is 6.01 Å². The molecule has 178 valence electrons. The number of nitrogen functional groups attached to an aromatic ring is 1. The number of carbonyl (C=O) groups is 2. The van der Waals surface area contributed by atoms with Crippen molar-refractivity contribution in [3.05, 3.63) is 47.4 Å². The summed E-state index contributed by atoms with van der Waals surface area (Å²) in [7, 11) is 0. The molecule has 0 aliphatic heterocycles. The lowest BCUT2D eigenvalue weighted by Crippen LogP contribution is -2.41. The van der Waals surface area contributed by atoms with E-state index in [2.05, 4.69) is 29.5 Å². The van der Waals surface area contributed by atoms with E-state index in [1.54, 1.807) is 13.1 Å². The normalized spacial score (nSPS) is 12.6. The molecule has 0 aliphatic rings. The molecule has 0 saturated carbocycles. The van der Waals surface area contributed by atoms with Gasteiger partial charge in [-0.3, -0.25) is 4.79 Å². The Morgan fingerprint density at radius 2 is 1.81 bits per heavy atom. The number of nitrogens with one attached hydrogen (secondary N) is 2. The Balaban J connectivity index is 0.000000343. The molecule has 0 saturated heterocycles. The standard InChI is InChI=1S/C13H15F2NO3.C9H17N3O/c1-2-3-11(13(18)19)16-12(17)6-8-4-9(14)7-10(15)5-8;1-6(2)4-11-7(3)8-5-12-9(10)13-8/h4-5,7,11H,2-3,6H2,1H3,(H,16,17)(H,18,19);5-7,11H,4H2,1-3H3,(H2,10,12). The molecule has 0 bridgehead atoms. The fourth-order valence-electron chi connectivity index (χ4n) is 2.70. The van der Waals surface area contributed by atoms with Crippen LogP contribution in [0.3, 0.4) is 0 Å². The Hall–Kier alpha value is -3.01. The smallest absolute Gasteiger partial charge is 0.326 e. The highest BCUT2D eigenvalue weighted by Gasteiger charge is 2.19. The summed E-state index contributed by atoms with van der Waals surface area (Å²) in [6.07, 6.45) is 2.31. The van der Waals surface area contributed by atoms with Crippen molar-refractivity contribution in [3.63, 3.8) is 0 Å². The first-order valence-corrected chi connectivity index (χ1v) is 10.4. The van der Waals surface area contributed by atoms with Gasteiger partial charge >= 0.3 is 5.97 Å². The van der Waals surface area contributed by atoms with E-state index in [0.717, 1.165) is 24.4 Å². The third-order valence-electron chi connectivity index (χ3n) is 4.30. The van der Waals surface area contributed by atoms with E-state index in [4.69, 9.17) is 15.3 Å². The number of aliphatic carboxylic acids is 1. The average Bonchev–Trinajstić information content (AvgIpc) is 3.11. The van der Waals surface area contributed by atoms with E-state index in [1.807, 2.05) is 6.92 Å². The van der Waals surface area contributed by atoms with Crippen LogP contribution in [-0.2, 0) is 16.0 Å². The molecule has 2 aromatic rings. The number of carbonyl (C=O) groups excluding carboxylic acids is 1. The largest absolute Gasteiger partial charge is 0.480 e. The number of carboxylic acids is 1. The molecule has 1 aromatic carbocycles. The first-order valence-electron chi connectivity index (χ1n) is 10.4. The van der Waals surface area contributed by atoms with Crippen LogP contribution >= 0.6 is 0 Å². The number of hydrogen-bond acceptors (Lipinski definition) is 6. The zero-order valence-electron chi connectivity index (χ0n) is 18.8. The molecule has 0 aliphatic carbocycles. The van der Waals surface area contributed by atoms with Gasteiger partial charge in [-0.2, -0.15) is 0 Å². The van der Waals surface area contributed by atoms with Gasteiger partial charge in [-0.1, -0.05) is 27.2 Å². The number of nitrogens with two attached hydrogens (primary N) is 1. The highest BCUT2D eigenvalue weighted by Crippen LogP contribution is 2.14. The predicted molar refractivity (Wildman–Crippen MR) is 117 cm³/mol. The lowest BCUT2D eigenvalue weighted by Gasteiger charge is -2.13. The maximum atomic E-state index is 12.9. The zero-order valence-corrected chi connectivity index (χ0v) is 18.8. The van der Waals surface area contributed by atoms with Crippen LogP contribution in [-0.4, -0.2) is 34.6 Å². The van der Waals surface area contributed by atoms with E-state index in [9.17, 15) is 18.4 Å². The quantitative estimate of drug-likeness (QED) is 0.433. The number of nitrogens with zero attached hydrogens (tertiary/aromatic N) is 1. The van der Waals surface area contributed by atoms with Gasteiger partial charge in [0.15, 0.2) is 0 Å². The Kier molecular flexibility index (Phi) is 11.3. The number of halogens is 2. The van der Waals surface area contributed by atoms with Crippen LogP contribution in [0.4, 0.5) is 14.8 Å². The molecule has 2 atom stereocenters. The second kappa shape index (κ2) is 13.4. The summed E-state index contributed by atoms with van der Waals surface area (Å²) in [6, 6.07) is 2.21. The van der Waals surface area contributed by atoms with Crippen LogP contribution in [0.25, 0.3) is 0 Å². The van der Waals surface area contributed by atoms with Gasteiger partial charge < -0.3 is 25.9 Å². The number of amides is 1. The number of hydrogen-bond donors (Lipinski definition) is 4. The van der Waals surface area contributed by atoms with Gasteiger partial charge in [0, 0.05) is 6.07 Å².